The first-order chi connectivity index (χ1) is 14.6. The molecule has 0 aromatic rings. The Bertz CT molecular complexity index is 757. The van der Waals surface area contributed by atoms with Crippen molar-refractivity contribution < 1.29 is 13.6 Å². The van der Waals surface area contributed by atoms with Crippen LogP contribution in [0.25, 0.3) is 0 Å². The van der Waals surface area contributed by atoms with Crippen LogP contribution in [0.5, 0.6) is 0 Å². The topological polar surface area (TPSA) is 35.5 Å². The predicted molar refractivity (Wildman–Crippen MR) is 144 cm³/mol. The molecule has 0 radical (unpaired) electrons. The highest BCUT2D eigenvalue weighted by atomic mass is 28.4. The number of hydrogen-bond donors (Lipinski definition) is 0. The Labute approximate surface area is 200 Å². The standard InChI is InChI=1S/C27H46O3Si2/c1-12-13-16-19-24(29-31(8,9)26(2,3)4)20-17-14-15-18-21-25(22-23-28)30-32(10,11)27(5,6)7/h13-16,23-25H,12,19,22H2,1-11H3. The normalized spacial score (nSPS) is 15.1. The molecular weight excluding hydrogens is 428 g/mol. The van der Waals surface area contributed by atoms with Crippen molar-refractivity contribution in [3.63, 3.8) is 0 Å². The Morgan fingerprint density at radius 3 is 1.50 bits per heavy atom. The Morgan fingerprint density at radius 2 is 1.16 bits per heavy atom. The van der Waals surface area contributed by atoms with Crippen LogP contribution in [-0.4, -0.2) is 35.1 Å². The van der Waals surface area contributed by atoms with Crippen LogP contribution < -0.4 is 0 Å². The fourth-order valence-corrected chi connectivity index (χ4v) is 4.62. The number of carbonyl (C=O) groups excluding carboxylic acids is 1. The van der Waals surface area contributed by atoms with E-state index in [9.17, 15) is 4.79 Å². The molecule has 32 heavy (non-hydrogen) atoms. The molecule has 2 atom stereocenters. The molecule has 0 heterocycles. The van der Waals surface area contributed by atoms with E-state index in [4.69, 9.17) is 8.85 Å². The zero-order valence-corrected chi connectivity index (χ0v) is 24.4. The van der Waals surface area contributed by atoms with Crippen LogP contribution in [0.2, 0.25) is 36.3 Å². The lowest BCUT2D eigenvalue weighted by Crippen LogP contribution is -2.43. The molecule has 5 heteroatoms. The maximum Gasteiger partial charge on any atom is 0.193 e. The molecule has 0 aliphatic rings. The van der Waals surface area contributed by atoms with Crippen LogP contribution in [0.1, 0.15) is 67.7 Å². The second kappa shape index (κ2) is 13.4. The summed E-state index contributed by atoms with van der Waals surface area (Å²) in [5.41, 5.74) is 0. The predicted octanol–water partition coefficient (Wildman–Crippen LogP) is 7.28. The molecule has 0 rings (SSSR count). The van der Waals surface area contributed by atoms with Crippen molar-refractivity contribution in [2.45, 2.75) is 116 Å². The second-order valence-corrected chi connectivity index (χ2v) is 20.7. The number of rotatable bonds is 9. The third-order valence-corrected chi connectivity index (χ3v) is 15.3. The molecule has 0 aromatic carbocycles. The van der Waals surface area contributed by atoms with Crippen LogP contribution in [-0.2, 0) is 13.6 Å². The summed E-state index contributed by atoms with van der Waals surface area (Å²) in [6.45, 7) is 24.2. The smallest absolute Gasteiger partial charge is 0.193 e. The maximum atomic E-state index is 11.1. The molecule has 0 saturated carbocycles. The molecule has 180 valence electrons. The van der Waals surface area contributed by atoms with Gasteiger partial charge in [-0.2, -0.15) is 0 Å². The monoisotopic (exact) mass is 474 g/mol. The van der Waals surface area contributed by atoms with Crippen molar-refractivity contribution >= 4 is 22.9 Å². The summed E-state index contributed by atoms with van der Waals surface area (Å²) in [6, 6.07) is 0. The zero-order valence-electron chi connectivity index (χ0n) is 22.4. The minimum atomic E-state index is -1.98. The number of allylic oxidation sites excluding steroid dienone is 3. The minimum Gasteiger partial charge on any atom is -0.403 e. The summed E-state index contributed by atoms with van der Waals surface area (Å²) < 4.78 is 12.8. The van der Waals surface area contributed by atoms with E-state index < -0.39 is 16.6 Å². The molecule has 0 amide bonds. The summed E-state index contributed by atoms with van der Waals surface area (Å²) >= 11 is 0. The highest BCUT2D eigenvalue weighted by Crippen LogP contribution is 2.38. The zero-order chi connectivity index (χ0) is 25.1. The molecule has 0 aliphatic heterocycles. The molecule has 0 saturated heterocycles. The van der Waals surface area contributed by atoms with Crippen LogP contribution in [0.15, 0.2) is 24.3 Å². The Kier molecular flexibility index (Phi) is 12.8. The fourth-order valence-electron chi connectivity index (χ4n) is 2.18. The molecule has 0 aliphatic carbocycles. The molecule has 0 spiro atoms. The summed E-state index contributed by atoms with van der Waals surface area (Å²) in [7, 11) is -3.88. The highest BCUT2D eigenvalue weighted by Gasteiger charge is 2.39. The van der Waals surface area contributed by atoms with Crippen LogP contribution in [0.4, 0.5) is 0 Å². The van der Waals surface area contributed by atoms with Crippen molar-refractivity contribution in [3.8, 4) is 23.7 Å². The average Bonchev–Trinajstić information content (AvgIpc) is 2.62. The van der Waals surface area contributed by atoms with Crippen LogP contribution in [0.3, 0.4) is 0 Å². The van der Waals surface area contributed by atoms with Gasteiger partial charge in [-0.05, 0) is 54.8 Å². The molecule has 2 unspecified atom stereocenters. The third kappa shape index (κ3) is 11.5. The van der Waals surface area contributed by atoms with E-state index in [2.05, 4.69) is 110 Å². The van der Waals surface area contributed by atoms with E-state index in [0.29, 0.717) is 0 Å². The van der Waals surface area contributed by atoms with Gasteiger partial charge in [-0.1, -0.05) is 84.3 Å². The Morgan fingerprint density at radius 1 is 0.750 bits per heavy atom. The van der Waals surface area contributed by atoms with Crippen LogP contribution in [0, 0.1) is 23.7 Å². The highest BCUT2D eigenvalue weighted by molar-refractivity contribution is 6.74. The van der Waals surface area contributed by atoms with E-state index in [1.165, 1.54) is 0 Å². The maximum absolute atomic E-state index is 11.1. The van der Waals surface area contributed by atoms with Gasteiger partial charge < -0.3 is 13.6 Å². The Hall–Kier alpha value is -1.38. The van der Waals surface area contributed by atoms with Gasteiger partial charge in [0, 0.05) is 12.8 Å². The van der Waals surface area contributed by atoms with Gasteiger partial charge in [-0.15, -0.1) is 0 Å². The third-order valence-electron chi connectivity index (χ3n) is 6.29. The van der Waals surface area contributed by atoms with Crippen molar-refractivity contribution in [1.82, 2.24) is 0 Å². The van der Waals surface area contributed by atoms with Crippen molar-refractivity contribution in [2.75, 3.05) is 0 Å². The van der Waals surface area contributed by atoms with E-state index in [0.717, 1.165) is 19.1 Å². The Balaban J connectivity index is 5.34. The molecule has 0 bridgehead atoms. The SMILES string of the molecule is CCC=CCC(C#CC=CC#CC(CC=O)O[Si](C)(C)C(C)(C)C)O[Si](C)(C)C(C)(C)C. The first-order valence-corrected chi connectivity index (χ1v) is 17.5. The van der Waals surface area contributed by atoms with Gasteiger partial charge in [0.15, 0.2) is 16.6 Å². The molecule has 0 N–H and O–H groups in total. The second-order valence-electron chi connectivity index (χ2n) is 11.2. The first-order valence-electron chi connectivity index (χ1n) is 11.7. The molecule has 0 aromatic heterocycles. The van der Waals surface area contributed by atoms with Gasteiger partial charge in [-0.3, -0.25) is 0 Å². The number of aldehydes is 1. The van der Waals surface area contributed by atoms with Crippen molar-refractivity contribution in [2.24, 2.45) is 0 Å². The lowest BCUT2D eigenvalue weighted by atomic mass is 10.2. The molecule has 0 fully saturated rings. The summed E-state index contributed by atoms with van der Waals surface area (Å²) in [4.78, 5) is 11.1. The van der Waals surface area contributed by atoms with Gasteiger partial charge in [0.1, 0.15) is 18.5 Å². The van der Waals surface area contributed by atoms with Gasteiger partial charge >= 0.3 is 0 Å². The fraction of sp³-hybridized carbons (Fsp3) is 0.667. The summed E-state index contributed by atoms with van der Waals surface area (Å²) in [6.07, 6.45) is 10.2. The number of hydrogen-bond acceptors (Lipinski definition) is 3. The average molecular weight is 475 g/mol. The van der Waals surface area contributed by atoms with Gasteiger partial charge in [0.2, 0.25) is 0 Å². The quantitative estimate of drug-likeness (QED) is 0.152. The van der Waals surface area contributed by atoms with E-state index >= 15 is 0 Å². The van der Waals surface area contributed by atoms with Crippen molar-refractivity contribution in [3.05, 3.63) is 24.3 Å². The lowest BCUT2D eigenvalue weighted by Gasteiger charge is -2.37. The summed E-state index contributed by atoms with van der Waals surface area (Å²) in [5, 5.41) is 0.211. The largest absolute Gasteiger partial charge is 0.403 e. The van der Waals surface area contributed by atoms with Gasteiger partial charge in [0.25, 0.3) is 0 Å². The van der Waals surface area contributed by atoms with E-state index in [1.54, 1.807) is 12.2 Å². The first kappa shape index (κ1) is 30.6. The lowest BCUT2D eigenvalue weighted by molar-refractivity contribution is -0.108. The van der Waals surface area contributed by atoms with Crippen molar-refractivity contribution in [1.29, 1.82) is 0 Å². The molecule has 3 nitrogen and oxygen atoms in total. The minimum absolute atomic E-state index is 0.0719. The van der Waals surface area contributed by atoms with Crippen LogP contribution >= 0.6 is 0 Å². The van der Waals surface area contributed by atoms with E-state index in [1.807, 2.05) is 0 Å². The van der Waals surface area contributed by atoms with E-state index in [-0.39, 0.29) is 28.7 Å². The van der Waals surface area contributed by atoms with Gasteiger partial charge in [0.05, 0.1) is 0 Å². The van der Waals surface area contributed by atoms with Gasteiger partial charge in [-0.25, -0.2) is 0 Å². The summed E-state index contributed by atoms with van der Waals surface area (Å²) in [5.74, 6) is 12.4. The number of carbonyl (C=O) groups is 1. The molecular formula is C27H46O3Si2.